The number of hydrogen-bond acceptors (Lipinski definition) is 6. The fourth-order valence-electron chi connectivity index (χ4n) is 4.95. The highest BCUT2D eigenvalue weighted by atomic mass is 16.5. The maximum Gasteiger partial charge on any atom is 0.257 e. The number of benzene rings is 2. The normalized spacial score (nSPS) is 13.3. The number of ether oxygens (including phenoxy) is 1. The highest BCUT2D eigenvalue weighted by Crippen LogP contribution is 2.36. The van der Waals surface area contributed by atoms with Gasteiger partial charge in [-0.2, -0.15) is 5.10 Å². The Kier molecular flexibility index (Phi) is 7.06. The first kappa shape index (κ1) is 26.9. The third kappa shape index (κ3) is 5.14. The number of anilines is 2. The lowest BCUT2D eigenvalue weighted by Crippen LogP contribution is -2.27. The first-order valence-electron chi connectivity index (χ1n) is 13.3. The number of carbonyl (C=O) groups excluding carboxylic acids is 2. The van der Waals surface area contributed by atoms with Crippen molar-refractivity contribution in [2.24, 2.45) is 5.73 Å². The van der Waals surface area contributed by atoms with Crippen LogP contribution in [0.2, 0.25) is 0 Å². The summed E-state index contributed by atoms with van der Waals surface area (Å²) in [5, 5.41) is 11.2. The number of methoxy groups -OCH3 is 1. The molecule has 2 aromatic carbocycles. The van der Waals surface area contributed by atoms with Crippen LogP contribution >= 0.6 is 0 Å². The van der Waals surface area contributed by atoms with Crippen LogP contribution in [0.25, 0.3) is 11.3 Å². The van der Waals surface area contributed by atoms with Crippen molar-refractivity contribution in [3.8, 4) is 17.0 Å². The maximum atomic E-state index is 12.8. The van der Waals surface area contributed by atoms with Crippen LogP contribution in [0.4, 0.5) is 11.5 Å². The van der Waals surface area contributed by atoms with Gasteiger partial charge in [0.25, 0.3) is 11.8 Å². The number of aromatic nitrogens is 3. The number of carbonyl (C=O) groups is 2. The minimum atomic E-state index is -0.548. The molecule has 0 saturated carbocycles. The largest absolute Gasteiger partial charge is 0.496 e. The van der Waals surface area contributed by atoms with Gasteiger partial charge in [0.1, 0.15) is 22.8 Å². The van der Waals surface area contributed by atoms with E-state index in [0.717, 1.165) is 23.2 Å². The van der Waals surface area contributed by atoms with E-state index in [1.54, 1.807) is 12.3 Å². The summed E-state index contributed by atoms with van der Waals surface area (Å²) in [6.07, 6.45) is 3.83. The molecule has 3 heterocycles. The lowest BCUT2D eigenvalue weighted by Gasteiger charge is -2.21. The van der Waals surface area contributed by atoms with Gasteiger partial charge in [0.2, 0.25) is 0 Å². The number of nitrogens with two attached hydrogens (primary N) is 1. The molecule has 2 amide bonds. The number of pyridine rings is 1. The van der Waals surface area contributed by atoms with E-state index in [0.29, 0.717) is 34.9 Å². The van der Waals surface area contributed by atoms with Gasteiger partial charge in [-0.15, -0.1) is 0 Å². The highest BCUT2D eigenvalue weighted by molar-refractivity contribution is 6.04. The Morgan fingerprint density at radius 3 is 2.55 bits per heavy atom. The van der Waals surface area contributed by atoms with Gasteiger partial charge < -0.3 is 21.1 Å². The van der Waals surface area contributed by atoms with Gasteiger partial charge in [0.05, 0.1) is 18.7 Å². The topological polar surface area (TPSA) is 124 Å². The van der Waals surface area contributed by atoms with E-state index in [9.17, 15) is 9.59 Å². The van der Waals surface area contributed by atoms with Crippen LogP contribution in [0, 0.1) is 0 Å². The summed E-state index contributed by atoms with van der Waals surface area (Å²) in [4.78, 5) is 29.5. The Hall–Kier alpha value is -4.66. The third-order valence-electron chi connectivity index (χ3n) is 7.29. The fourth-order valence-corrected chi connectivity index (χ4v) is 4.95. The summed E-state index contributed by atoms with van der Waals surface area (Å²) in [5.74, 6) is 0.226. The van der Waals surface area contributed by atoms with Crippen LogP contribution in [0.5, 0.6) is 5.75 Å². The predicted molar refractivity (Wildman–Crippen MR) is 155 cm³/mol. The quantitative estimate of drug-likeness (QED) is 0.312. The van der Waals surface area contributed by atoms with Crippen LogP contribution < -0.4 is 21.1 Å². The van der Waals surface area contributed by atoms with Crippen molar-refractivity contribution in [1.82, 2.24) is 20.1 Å². The Balaban J connectivity index is 1.40. The van der Waals surface area contributed by atoms with E-state index in [1.165, 1.54) is 24.4 Å². The predicted octanol–water partition coefficient (Wildman–Crippen LogP) is 5.14. The van der Waals surface area contributed by atoms with Gasteiger partial charge in [-0.3, -0.25) is 14.6 Å². The molecule has 4 N–H and O–H groups in total. The number of nitrogens with zero attached hydrogens (tertiary/aromatic N) is 3. The average Bonchev–Trinajstić information content (AvgIpc) is 3.20. The zero-order valence-electron chi connectivity index (χ0n) is 23.4. The van der Waals surface area contributed by atoms with Crippen molar-refractivity contribution in [3.63, 3.8) is 0 Å². The van der Waals surface area contributed by atoms with Crippen LogP contribution in [0.15, 0.2) is 60.9 Å². The van der Waals surface area contributed by atoms with Crippen LogP contribution in [0.1, 0.15) is 71.1 Å². The molecule has 40 heavy (non-hydrogen) atoms. The van der Waals surface area contributed by atoms with Crippen LogP contribution in [-0.2, 0) is 18.4 Å². The molecule has 2 aromatic heterocycles. The third-order valence-corrected chi connectivity index (χ3v) is 7.29. The smallest absolute Gasteiger partial charge is 0.257 e. The molecule has 5 rings (SSSR count). The Bertz CT molecular complexity index is 1580. The van der Waals surface area contributed by atoms with E-state index in [-0.39, 0.29) is 17.4 Å². The van der Waals surface area contributed by atoms with Gasteiger partial charge in [-0.25, -0.2) is 4.68 Å². The zero-order chi connectivity index (χ0) is 28.6. The lowest BCUT2D eigenvalue weighted by atomic mass is 9.85. The zero-order valence-corrected chi connectivity index (χ0v) is 23.4. The second kappa shape index (κ2) is 10.5. The van der Waals surface area contributed by atoms with Crippen molar-refractivity contribution < 1.29 is 14.3 Å². The molecule has 0 unspecified atom stereocenters. The molecular formula is C31H34N6O3. The monoisotopic (exact) mass is 538 g/mol. The number of nitrogens with one attached hydrogen (secondary N) is 2. The number of primary amides is 1. The van der Waals surface area contributed by atoms with Crippen molar-refractivity contribution in [3.05, 3.63) is 88.7 Å². The number of fused-ring (bicyclic) bond motifs is 2. The van der Waals surface area contributed by atoms with E-state index in [4.69, 9.17) is 15.6 Å². The molecule has 1 aliphatic rings. The van der Waals surface area contributed by atoms with E-state index < -0.39 is 5.91 Å². The van der Waals surface area contributed by atoms with Gasteiger partial charge in [0, 0.05) is 30.2 Å². The van der Waals surface area contributed by atoms with Crippen LogP contribution in [-0.4, -0.2) is 33.7 Å². The number of amides is 2. The molecule has 1 aliphatic heterocycles. The number of aryl methyl sites for hydroxylation is 2. The highest BCUT2D eigenvalue weighted by Gasteiger charge is 2.27. The molecule has 0 spiro atoms. The molecule has 9 heteroatoms. The summed E-state index contributed by atoms with van der Waals surface area (Å²) in [5.41, 5.74) is 12.2. The summed E-state index contributed by atoms with van der Waals surface area (Å²) in [7, 11) is 1.52. The van der Waals surface area contributed by atoms with Crippen molar-refractivity contribution in [1.29, 1.82) is 0 Å². The minimum Gasteiger partial charge on any atom is -0.496 e. The second-order valence-electron chi connectivity index (χ2n) is 11.0. The lowest BCUT2D eigenvalue weighted by molar-refractivity contribution is 0.0935. The molecule has 0 radical (unpaired) electrons. The molecule has 206 valence electrons. The molecule has 0 saturated heterocycles. The van der Waals surface area contributed by atoms with Crippen molar-refractivity contribution in [2.45, 2.75) is 52.1 Å². The summed E-state index contributed by atoms with van der Waals surface area (Å²) < 4.78 is 7.10. The molecule has 4 aromatic rings. The van der Waals surface area contributed by atoms with E-state index in [1.807, 2.05) is 35.9 Å². The Labute approximate surface area is 233 Å². The first-order chi connectivity index (χ1) is 19.1. The standard InChI is InChI=1S/C31H34N6O3/c1-18(34-30(39)23-17-33-14-12-25(23)40-5)19-6-8-20(9-7-19)27-26(28(32)38)29-35-24-11-10-22(31(2,3)4)16-21(24)13-15-37(29)36-27/h6-12,14,16-18,35H,13,15H2,1-5H3,(H2,32,38)(H,34,39)/t18-/m1/s1. The van der Waals surface area contributed by atoms with Gasteiger partial charge in [0.15, 0.2) is 0 Å². The van der Waals surface area contributed by atoms with Crippen LogP contribution in [0.3, 0.4) is 0 Å². The average molecular weight is 539 g/mol. The molecule has 1 atom stereocenters. The van der Waals surface area contributed by atoms with E-state index in [2.05, 4.69) is 54.6 Å². The minimum absolute atomic E-state index is 0.0402. The Morgan fingerprint density at radius 2 is 1.88 bits per heavy atom. The van der Waals surface area contributed by atoms with Gasteiger partial charge in [-0.05, 0) is 47.6 Å². The van der Waals surface area contributed by atoms with E-state index >= 15 is 0 Å². The second-order valence-corrected chi connectivity index (χ2v) is 11.0. The molecule has 0 fully saturated rings. The maximum absolute atomic E-state index is 12.8. The van der Waals surface area contributed by atoms with Gasteiger partial charge >= 0.3 is 0 Å². The van der Waals surface area contributed by atoms with Crippen molar-refractivity contribution >= 4 is 23.3 Å². The summed E-state index contributed by atoms with van der Waals surface area (Å²) >= 11 is 0. The first-order valence-corrected chi connectivity index (χ1v) is 13.3. The molecule has 9 nitrogen and oxygen atoms in total. The molecule has 0 aliphatic carbocycles. The Morgan fingerprint density at radius 1 is 1.12 bits per heavy atom. The number of rotatable bonds is 6. The molecular weight excluding hydrogens is 504 g/mol. The number of hydrogen-bond donors (Lipinski definition) is 3. The molecule has 0 bridgehead atoms. The summed E-state index contributed by atoms with van der Waals surface area (Å²) in [6, 6.07) is 15.4. The fraction of sp³-hybridized carbons (Fsp3) is 0.290. The summed E-state index contributed by atoms with van der Waals surface area (Å²) in [6.45, 7) is 9.09. The SMILES string of the molecule is COc1ccncc1C(=O)N[C@H](C)c1ccc(-c2nn3c(c2C(N)=O)Nc2ccc(C(C)(C)C)cc2CC3)cc1. The van der Waals surface area contributed by atoms with Gasteiger partial charge in [-0.1, -0.05) is 57.2 Å². The van der Waals surface area contributed by atoms with Crippen molar-refractivity contribution in [2.75, 3.05) is 12.4 Å².